The van der Waals surface area contributed by atoms with Crippen LogP contribution in [0.5, 0.6) is 5.75 Å². The third kappa shape index (κ3) is 4.50. The molecule has 0 radical (unpaired) electrons. The molecule has 3 rings (SSSR count). The number of benzene rings is 1. The van der Waals surface area contributed by atoms with E-state index in [1.165, 1.54) is 0 Å². The molecular formula is C20H26N4O2. The Labute approximate surface area is 154 Å². The van der Waals surface area contributed by atoms with Gasteiger partial charge in [-0.05, 0) is 51.8 Å². The highest BCUT2D eigenvalue weighted by Crippen LogP contribution is 2.23. The number of nitrogens with one attached hydrogen (secondary N) is 1. The minimum atomic E-state index is -0.0797. The van der Waals surface area contributed by atoms with Gasteiger partial charge in [0.15, 0.2) is 0 Å². The summed E-state index contributed by atoms with van der Waals surface area (Å²) in [5, 5.41) is 3.02. The molecule has 6 heteroatoms. The lowest BCUT2D eigenvalue weighted by molar-refractivity contribution is -0.120. The Kier molecular flexibility index (Phi) is 5.71. The van der Waals surface area contributed by atoms with E-state index in [2.05, 4.69) is 20.2 Å². The van der Waals surface area contributed by atoms with Crippen molar-refractivity contribution in [2.45, 2.75) is 33.6 Å². The van der Waals surface area contributed by atoms with E-state index in [1.807, 2.05) is 51.1 Å². The van der Waals surface area contributed by atoms with Gasteiger partial charge in [0.05, 0.1) is 12.5 Å². The quantitative estimate of drug-likeness (QED) is 0.892. The van der Waals surface area contributed by atoms with Crippen LogP contribution in [0.4, 0.5) is 11.6 Å². The van der Waals surface area contributed by atoms with E-state index in [1.54, 1.807) is 0 Å². The Balaban J connectivity index is 1.67. The Morgan fingerprint density at radius 3 is 2.77 bits per heavy atom. The van der Waals surface area contributed by atoms with Crippen LogP contribution in [0.15, 0.2) is 30.3 Å². The van der Waals surface area contributed by atoms with Crippen LogP contribution in [-0.2, 0) is 4.79 Å². The van der Waals surface area contributed by atoms with Gasteiger partial charge in [0.1, 0.15) is 5.75 Å². The number of aryl methyl sites for hydroxylation is 2. The second kappa shape index (κ2) is 8.17. The number of anilines is 2. The lowest BCUT2D eigenvalue weighted by atomic mass is 9.97. The second-order valence-electron chi connectivity index (χ2n) is 6.69. The number of aromatic nitrogens is 2. The average molecular weight is 354 g/mol. The number of ether oxygens (including phenoxy) is 1. The van der Waals surface area contributed by atoms with Crippen molar-refractivity contribution in [2.24, 2.45) is 5.92 Å². The average Bonchev–Trinajstić information content (AvgIpc) is 2.61. The maximum Gasteiger partial charge on any atom is 0.229 e. The zero-order chi connectivity index (χ0) is 18.5. The van der Waals surface area contributed by atoms with Gasteiger partial charge in [0.2, 0.25) is 11.9 Å². The first kappa shape index (κ1) is 18.2. The molecule has 1 aromatic carbocycles. The number of rotatable bonds is 5. The molecule has 0 bridgehead atoms. The maximum absolute atomic E-state index is 12.7. The minimum Gasteiger partial charge on any atom is -0.494 e. The van der Waals surface area contributed by atoms with Crippen molar-refractivity contribution in [2.75, 3.05) is 29.9 Å². The first-order valence-corrected chi connectivity index (χ1v) is 9.16. The fourth-order valence-corrected chi connectivity index (χ4v) is 3.30. The predicted octanol–water partition coefficient (Wildman–Crippen LogP) is 3.35. The summed E-state index contributed by atoms with van der Waals surface area (Å²) in [4.78, 5) is 23.9. The van der Waals surface area contributed by atoms with Crippen molar-refractivity contribution in [1.82, 2.24) is 9.97 Å². The zero-order valence-electron chi connectivity index (χ0n) is 15.7. The normalized spacial score (nSPS) is 17.0. The third-order valence-electron chi connectivity index (χ3n) is 4.46. The van der Waals surface area contributed by atoms with Crippen molar-refractivity contribution >= 4 is 17.5 Å². The summed E-state index contributed by atoms with van der Waals surface area (Å²) < 4.78 is 5.49. The molecule has 1 fully saturated rings. The van der Waals surface area contributed by atoms with Gasteiger partial charge in [-0.15, -0.1) is 0 Å². The molecule has 1 saturated heterocycles. The molecule has 1 atom stereocenters. The number of carbonyl (C=O) groups excluding carboxylic acids is 1. The van der Waals surface area contributed by atoms with Crippen molar-refractivity contribution in [1.29, 1.82) is 0 Å². The third-order valence-corrected chi connectivity index (χ3v) is 4.46. The molecule has 0 aliphatic carbocycles. The summed E-state index contributed by atoms with van der Waals surface area (Å²) in [6.45, 7) is 8.00. The van der Waals surface area contributed by atoms with Crippen LogP contribution in [0.3, 0.4) is 0 Å². The molecule has 1 aromatic heterocycles. The van der Waals surface area contributed by atoms with Crippen LogP contribution in [0.1, 0.15) is 31.2 Å². The summed E-state index contributed by atoms with van der Waals surface area (Å²) in [6.07, 6.45) is 1.83. The molecule has 2 aromatic rings. The second-order valence-corrected chi connectivity index (χ2v) is 6.69. The van der Waals surface area contributed by atoms with E-state index >= 15 is 0 Å². The summed E-state index contributed by atoms with van der Waals surface area (Å²) in [7, 11) is 0. The number of piperidine rings is 1. The SMILES string of the molecule is CCOc1cccc(NC(=O)C2CCCN(c3nc(C)cc(C)n3)C2)c1. The van der Waals surface area contributed by atoms with Crippen molar-refractivity contribution in [3.05, 3.63) is 41.7 Å². The highest BCUT2D eigenvalue weighted by Gasteiger charge is 2.27. The highest BCUT2D eigenvalue weighted by atomic mass is 16.5. The Morgan fingerprint density at radius 2 is 2.04 bits per heavy atom. The molecule has 0 saturated carbocycles. The van der Waals surface area contributed by atoms with Gasteiger partial charge in [-0.2, -0.15) is 0 Å². The van der Waals surface area contributed by atoms with E-state index < -0.39 is 0 Å². The molecule has 26 heavy (non-hydrogen) atoms. The van der Waals surface area contributed by atoms with Gasteiger partial charge in [-0.3, -0.25) is 4.79 Å². The molecule has 1 unspecified atom stereocenters. The van der Waals surface area contributed by atoms with Crippen LogP contribution in [0, 0.1) is 19.8 Å². The predicted molar refractivity (Wildman–Crippen MR) is 103 cm³/mol. The Hall–Kier alpha value is -2.63. The Bertz CT molecular complexity index is 758. The molecular weight excluding hydrogens is 328 g/mol. The van der Waals surface area contributed by atoms with E-state index in [-0.39, 0.29) is 11.8 Å². The fraction of sp³-hybridized carbons (Fsp3) is 0.450. The van der Waals surface area contributed by atoms with Gasteiger partial charge < -0.3 is 15.0 Å². The lowest BCUT2D eigenvalue weighted by Gasteiger charge is -2.32. The molecule has 1 N–H and O–H groups in total. The lowest BCUT2D eigenvalue weighted by Crippen LogP contribution is -2.41. The molecule has 6 nitrogen and oxygen atoms in total. The van der Waals surface area contributed by atoms with Gasteiger partial charge in [-0.25, -0.2) is 9.97 Å². The van der Waals surface area contributed by atoms with E-state index in [0.29, 0.717) is 13.2 Å². The summed E-state index contributed by atoms with van der Waals surface area (Å²) >= 11 is 0. The number of nitrogens with zero attached hydrogens (tertiary/aromatic N) is 3. The van der Waals surface area contributed by atoms with E-state index in [0.717, 1.165) is 48.2 Å². The smallest absolute Gasteiger partial charge is 0.229 e. The van der Waals surface area contributed by atoms with Crippen LogP contribution >= 0.6 is 0 Å². The van der Waals surface area contributed by atoms with Gasteiger partial charge in [0.25, 0.3) is 0 Å². The molecule has 1 amide bonds. The monoisotopic (exact) mass is 354 g/mol. The summed E-state index contributed by atoms with van der Waals surface area (Å²) in [5.41, 5.74) is 2.67. The fourth-order valence-electron chi connectivity index (χ4n) is 3.30. The van der Waals surface area contributed by atoms with Gasteiger partial charge in [0, 0.05) is 36.2 Å². The highest BCUT2D eigenvalue weighted by molar-refractivity contribution is 5.93. The van der Waals surface area contributed by atoms with Gasteiger partial charge >= 0.3 is 0 Å². The number of amides is 1. The Morgan fingerprint density at radius 1 is 1.27 bits per heavy atom. The van der Waals surface area contributed by atoms with Crippen molar-refractivity contribution < 1.29 is 9.53 Å². The zero-order valence-corrected chi connectivity index (χ0v) is 15.7. The topological polar surface area (TPSA) is 67.3 Å². The van der Waals surface area contributed by atoms with Gasteiger partial charge in [-0.1, -0.05) is 6.07 Å². The van der Waals surface area contributed by atoms with E-state index in [4.69, 9.17) is 4.74 Å². The van der Waals surface area contributed by atoms with Crippen molar-refractivity contribution in [3.63, 3.8) is 0 Å². The first-order chi connectivity index (χ1) is 12.5. The maximum atomic E-state index is 12.7. The molecule has 1 aliphatic heterocycles. The summed E-state index contributed by atoms with van der Waals surface area (Å²) in [5.74, 6) is 1.44. The van der Waals surface area contributed by atoms with Crippen molar-refractivity contribution in [3.8, 4) is 5.75 Å². The van der Waals surface area contributed by atoms with Crippen LogP contribution in [0.25, 0.3) is 0 Å². The molecule has 1 aliphatic rings. The molecule has 0 spiro atoms. The first-order valence-electron chi connectivity index (χ1n) is 9.16. The van der Waals surface area contributed by atoms with Crippen LogP contribution < -0.4 is 15.0 Å². The number of hydrogen-bond donors (Lipinski definition) is 1. The summed E-state index contributed by atoms with van der Waals surface area (Å²) in [6, 6.07) is 9.47. The molecule has 138 valence electrons. The number of carbonyl (C=O) groups is 1. The molecule has 2 heterocycles. The van der Waals surface area contributed by atoms with E-state index in [9.17, 15) is 4.79 Å². The minimum absolute atomic E-state index is 0.0349. The standard InChI is InChI=1S/C20H26N4O2/c1-4-26-18-9-5-8-17(12-18)23-19(25)16-7-6-10-24(13-16)20-21-14(2)11-15(3)22-20/h5,8-9,11-12,16H,4,6-7,10,13H2,1-3H3,(H,23,25). The number of hydrogen-bond acceptors (Lipinski definition) is 5. The van der Waals surface area contributed by atoms with Crippen LogP contribution in [-0.4, -0.2) is 35.6 Å². The largest absolute Gasteiger partial charge is 0.494 e. The van der Waals surface area contributed by atoms with Crippen LogP contribution in [0.2, 0.25) is 0 Å².